The van der Waals surface area contributed by atoms with Crippen molar-refractivity contribution in [1.29, 1.82) is 0 Å². The minimum atomic E-state index is -0.162. The number of carbonyl (C=O) groups is 1. The number of amides is 1. The molecule has 2 heterocycles. The van der Waals surface area contributed by atoms with Crippen molar-refractivity contribution >= 4 is 11.9 Å². The van der Waals surface area contributed by atoms with Crippen LogP contribution in [0.4, 0.5) is 6.01 Å². The first kappa shape index (κ1) is 10.1. The van der Waals surface area contributed by atoms with Crippen LogP contribution in [0.2, 0.25) is 0 Å². The van der Waals surface area contributed by atoms with Crippen LogP contribution >= 0.6 is 0 Å². The third-order valence-corrected chi connectivity index (χ3v) is 2.13. The van der Waals surface area contributed by atoms with Gasteiger partial charge in [-0.25, -0.2) is 0 Å². The maximum atomic E-state index is 11.4. The van der Waals surface area contributed by atoms with E-state index in [1.807, 2.05) is 4.90 Å². The summed E-state index contributed by atoms with van der Waals surface area (Å²) in [5.74, 6) is 0.266. The molecule has 0 aromatic carbocycles. The molecule has 0 atom stereocenters. The van der Waals surface area contributed by atoms with Crippen LogP contribution in [0.5, 0.6) is 0 Å². The number of anilines is 1. The van der Waals surface area contributed by atoms with Crippen LogP contribution in [0, 0.1) is 6.92 Å². The van der Waals surface area contributed by atoms with Crippen molar-refractivity contribution in [2.75, 3.05) is 25.0 Å². The summed E-state index contributed by atoms with van der Waals surface area (Å²) in [6.45, 7) is 3.50. The highest BCUT2D eigenvalue weighted by Gasteiger charge is 2.25. The fraction of sp³-hybridized carbons (Fsp3) is 0.625. The topological polar surface area (TPSA) is 97.3 Å². The van der Waals surface area contributed by atoms with Gasteiger partial charge in [0, 0.05) is 26.1 Å². The molecule has 1 aromatic heterocycles. The van der Waals surface area contributed by atoms with E-state index in [-0.39, 0.29) is 18.0 Å². The second-order valence-electron chi connectivity index (χ2n) is 3.63. The first-order chi connectivity index (χ1) is 7.13. The molecule has 0 saturated carbocycles. The second kappa shape index (κ2) is 3.95. The Labute approximate surface area is 86.6 Å². The van der Waals surface area contributed by atoms with Crippen molar-refractivity contribution in [3.63, 3.8) is 0 Å². The molecule has 3 N–H and O–H groups in total. The van der Waals surface area contributed by atoms with Crippen LogP contribution in [0.15, 0.2) is 4.42 Å². The van der Waals surface area contributed by atoms with Crippen LogP contribution in [0.1, 0.15) is 5.89 Å². The van der Waals surface area contributed by atoms with E-state index in [1.54, 1.807) is 6.92 Å². The van der Waals surface area contributed by atoms with Crippen molar-refractivity contribution in [1.82, 2.24) is 15.1 Å². The highest BCUT2D eigenvalue weighted by atomic mass is 16.4. The summed E-state index contributed by atoms with van der Waals surface area (Å²) in [7, 11) is 0. The molecule has 1 aliphatic heterocycles. The zero-order valence-corrected chi connectivity index (χ0v) is 8.43. The maximum Gasteiger partial charge on any atom is 0.322 e. The molecule has 0 radical (unpaired) electrons. The van der Waals surface area contributed by atoms with E-state index in [1.165, 1.54) is 0 Å². The summed E-state index contributed by atoms with van der Waals surface area (Å²) < 4.78 is 5.01. The molecule has 0 aliphatic carbocycles. The third-order valence-electron chi connectivity index (χ3n) is 2.13. The molecule has 15 heavy (non-hydrogen) atoms. The molecule has 7 nitrogen and oxygen atoms in total. The SMILES string of the molecule is Cc1nnc(NC(=O)CN2CC(N)C2)o1. The molecule has 7 heteroatoms. The molecule has 0 bridgehead atoms. The predicted octanol–water partition coefficient (Wildman–Crippen LogP) is -1.04. The molecule has 1 saturated heterocycles. The van der Waals surface area contributed by atoms with Crippen molar-refractivity contribution in [3.8, 4) is 0 Å². The van der Waals surface area contributed by atoms with E-state index in [9.17, 15) is 4.79 Å². The van der Waals surface area contributed by atoms with Crippen LogP contribution in [-0.2, 0) is 4.79 Å². The first-order valence-corrected chi connectivity index (χ1v) is 4.71. The van der Waals surface area contributed by atoms with E-state index in [4.69, 9.17) is 10.2 Å². The number of aromatic nitrogens is 2. The van der Waals surface area contributed by atoms with E-state index in [0.29, 0.717) is 12.4 Å². The lowest BCUT2D eigenvalue weighted by atomic mass is 10.1. The summed E-state index contributed by atoms with van der Waals surface area (Å²) >= 11 is 0. The van der Waals surface area contributed by atoms with Crippen LogP contribution in [0.25, 0.3) is 0 Å². The summed E-state index contributed by atoms with van der Waals surface area (Å²) in [6, 6.07) is 0.339. The average Bonchev–Trinajstić information content (AvgIpc) is 2.48. The fourth-order valence-electron chi connectivity index (χ4n) is 1.45. The Morgan fingerprint density at radius 1 is 1.67 bits per heavy atom. The van der Waals surface area contributed by atoms with Crippen LogP contribution in [-0.4, -0.2) is 46.7 Å². The van der Waals surface area contributed by atoms with Gasteiger partial charge in [0.15, 0.2) is 0 Å². The van der Waals surface area contributed by atoms with E-state index < -0.39 is 0 Å². The molecule has 1 amide bonds. The van der Waals surface area contributed by atoms with Crippen molar-refractivity contribution in [2.45, 2.75) is 13.0 Å². The Balaban J connectivity index is 1.77. The van der Waals surface area contributed by atoms with Crippen molar-refractivity contribution in [2.24, 2.45) is 5.73 Å². The van der Waals surface area contributed by atoms with Crippen LogP contribution in [0.3, 0.4) is 0 Å². The van der Waals surface area contributed by atoms with Gasteiger partial charge < -0.3 is 10.2 Å². The number of nitrogens with zero attached hydrogens (tertiary/aromatic N) is 3. The molecular weight excluding hydrogens is 198 g/mol. The Hall–Kier alpha value is -1.47. The number of carbonyl (C=O) groups excluding carboxylic acids is 1. The number of likely N-dealkylation sites (tertiary alicyclic amines) is 1. The lowest BCUT2D eigenvalue weighted by molar-refractivity contribution is -0.118. The van der Waals surface area contributed by atoms with Crippen molar-refractivity contribution in [3.05, 3.63) is 5.89 Å². The van der Waals surface area contributed by atoms with E-state index in [0.717, 1.165) is 13.1 Å². The number of aryl methyl sites for hydroxylation is 1. The second-order valence-corrected chi connectivity index (χ2v) is 3.63. The molecule has 82 valence electrons. The highest BCUT2D eigenvalue weighted by molar-refractivity contribution is 5.90. The largest absolute Gasteiger partial charge is 0.408 e. The summed E-state index contributed by atoms with van der Waals surface area (Å²) in [5.41, 5.74) is 5.59. The molecule has 1 aliphatic rings. The van der Waals surface area contributed by atoms with Gasteiger partial charge in [0.2, 0.25) is 11.8 Å². The minimum absolute atomic E-state index is 0.141. The zero-order chi connectivity index (χ0) is 10.8. The normalized spacial score (nSPS) is 17.5. The Morgan fingerprint density at radius 2 is 2.40 bits per heavy atom. The lowest BCUT2D eigenvalue weighted by Gasteiger charge is -2.35. The summed E-state index contributed by atoms with van der Waals surface area (Å²) in [4.78, 5) is 13.4. The predicted molar refractivity (Wildman–Crippen MR) is 52.1 cm³/mol. The fourth-order valence-corrected chi connectivity index (χ4v) is 1.45. The van der Waals surface area contributed by atoms with Gasteiger partial charge in [-0.15, -0.1) is 5.10 Å². The monoisotopic (exact) mass is 211 g/mol. The highest BCUT2D eigenvalue weighted by Crippen LogP contribution is 2.06. The molecule has 2 rings (SSSR count). The molecular formula is C8H13N5O2. The van der Waals surface area contributed by atoms with Gasteiger partial charge in [-0.05, 0) is 0 Å². The molecule has 0 spiro atoms. The van der Waals surface area contributed by atoms with Gasteiger partial charge in [-0.2, -0.15) is 0 Å². The number of rotatable bonds is 3. The summed E-state index contributed by atoms with van der Waals surface area (Å²) in [5, 5.41) is 9.78. The first-order valence-electron chi connectivity index (χ1n) is 4.71. The summed E-state index contributed by atoms with van der Waals surface area (Å²) in [6.07, 6.45) is 0. The Morgan fingerprint density at radius 3 is 2.93 bits per heavy atom. The number of hydrogen-bond acceptors (Lipinski definition) is 6. The molecule has 1 aromatic rings. The zero-order valence-electron chi connectivity index (χ0n) is 8.43. The average molecular weight is 211 g/mol. The van der Waals surface area contributed by atoms with E-state index in [2.05, 4.69) is 15.5 Å². The third kappa shape index (κ3) is 2.51. The van der Waals surface area contributed by atoms with Gasteiger partial charge in [-0.1, -0.05) is 5.10 Å². The quantitative estimate of drug-likeness (QED) is 0.662. The molecule has 1 fully saturated rings. The Kier molecular flexibility index (Phi) is 2.65. The van der Waals surface area contributed by atoms with Gasteiger partial charge in [0.05, 0.1) is 6.54 Å². The van der Waals surface area contributed by atoms with E-state index >= 15 is 0 Å². The van der Waals surface area contributed by atoms with Gasteiger partial charge in [-0.3, -0.25) is 15.0 Å². The number of nitrogens with two attached hydrogens (primary N) is 1. The van der Waals surface area contributed by atoms with Crippen molar-refractivity contribution < 1.29 is 9.21 Å². The minimum Gasteiger partial charge on any atom is -0.408 e. The standard InChI is InChI=1S/C8H13N5O2/c1-5-11-12-8(15-5)10-7(14)4-13-2-6(9)3-13/h6H,2-4,9H2,1H3,(H,10,12,14). The van der Waals surface area contributed by atoms with Gasteiger partial charge in [0.1, 0.15) is 0 Å². The maximum absolute atomic E-state index is 11.4. The van der Waals surface area contributed by atoms with Crippen LogP contribution < -0.4 is 11.1 Å². The Bertz CT molecular complexity index is 358. The van der Waals surface area contributed by atoms with Gasteiger partial charge in [0.25, 0.3) is 0 Å². The molecule has 0 unspecified atom stereocenters. The smallest absolute Gasteiger partial charge is 0.322 e. The number of hydrogen-bond donors (Lipinski definition) is 2. The van der Waals surface area contributed by atoms with Gasteiger partial charge >= 0.3 is 6.01 Å². The number of nitrogens with one attached hydrogen (secondary N) is 1. The lowest BCUT2D eigenvalue weighted by Crippen LogP contribution is -2.57.